The van der Waals surface area contributed by atoms with Crippen molar-refractivity contribution in [2.45, 2.75) is 39.7 Å². The summed E-state index contributed by atoms with van der Waals surface area (Å²) in [6.45, 7) is 8.81. The van der Waals surface area contributed by atoms with Crippen LogP contribution < -0.4 is 0 Å². The number of benzene rings is 1. The maximum Gasteiger partial charge on any atom is 0.135 e. The molecule has 2 aromatic heterocycles. The van der Waals surface area contributed by atoms with Gasteiger partial charge in [0.25, 0.3) is 0 Å². The summed E-state index contributed by atoms with van der Waals surface area (Å²) in [5.74, 6) is 0. The van der Waals surface area contributed by atoms with E-state index in [1.165, 1.54) is 4.09 Å². The van der Waals surface area contributed by atoms with Crippen LogP contribution in [0.1, 0.15) is 37.7 Å². The number of nitrogens with zero attached hydrogens (tertiary/aromatic N) is 5. The summed E-state index contributed by atoms with van der Waals surface area (Å²) in [4.78, 5) is 0. The van der Waals surface area contributed by atoms with Gasteiger partial charge in [0.05, 0.1) is 23.6 Å². The smallest absolute Gasteiger partial charge is 0.135 e. The normalized spacial score (nSPS) is 12.0. The van der Waals surface area contributed by atoms with Crippen molar-refractivity contribution in [2.75, 3.05) is 0 Å². The minimum absolute atomic E-state index is 0.0886. The highest BCUT2D eigenvalue weighted by atomic mass is 35.5. The highest BCUT2D eigenvalue weighted by Gasteiger charge is 2.23. The van der Waals surface area contributed by atoms with Crippen molar-refractivity contribution in [3.8, 4) is 11.4 Å². The lowest BCUT2D eigenvalue weighted by Crippen LogP contribution is -2.13. The molecule has 132 valence electrons. The minimum atomic E-state index is -0.0886. The molecule has 1 aromatic carbocycles. The predicted octanol–water partition coefficient (Wildman–Crippen LogP) is 4.80. The standard InChI is InChI=1S/C17H19Cl2N5S/c1-10-16(20-22-24(10)25)14-8-15(17(2,3)4)21-23(14)9-11-5-6-12(18)7-13(11)19/h5-8,25H,9H2,1-4H3. The first kappa shape index (κ1) is 18.3. The number of hydrogen-bond donors (Lipinski definition) is 1. The minimum Gasteiger partial charge on any atom is -0.258 e. The fourth-order valence-corrected chi connectivity index (χ4v) is 3.07. The average Bonchev–Trinajstić information content (AvgIpc) is 3.07. The highest BCUT2D eigenvalue weighted by Crippen LogP contribution is 2.30. The van der Waals surface area contributed by atoms with Crippen LogP contribution in [0.2, 0.25) is 10.0 Å². The highest BCUT2D eigenvalue weighted by molar-refractivity contribution is 7.78. The molecule has 0 aliphatic rings. The van der Waals surface area contributed by atoms with Crippen molar-refractivity contribution in [3.63, 3.8) is 0 Å². The van der Waals surface area contributed by atoms with Gasteiger partial charge in [-0.3, -0.25) is 4.68 Å². The van der Waals surface area contributed by atoms with Gasteiger partial charge in [-0.2, -0.15) is 9.19 Å². The maximum absolute atomic E-state index is 6.34. The van der Waals surface area contributed by atoms with Crippen LogP contribution in [0.5, 0.6) is 0 Å². The number of rotatable bonds is 3. The molecule has 3 aromatic rings. The maximum atomic E-state index is 6.34. The van der Waals surface area contributed by atoms with Crippen molar-refractivity contribution in [1.29, 1.82) is 0 Å². The van der Waals surface area contributed by atoms with Crippen LogP contribution in [0.4, 0.5) is 0 Å². The molecule has 0 spiro atoms. The van der Waals surface area contributed by atoms with Gasteiger partial charge in [0.1, 0.15) is 5.69 Å². The molecule has 0 aliphatic heterocycles. The van der Waals surface area contributed by atoms with Gasteiger partial charge in [-0.05, 0) is 43.5 Å². The first-order chi connectivity index (χ1) is 11.7. The molecule has 0 fully saturated rings. The van der Waals surface area contributed by atoms with E-state index in [-0.39, 0.29) is 5.41 Å². The second kappa shape index (κ2) is 6.67. The van der Waals surface area contributed by atoms with Crippen molar-refractivity contribution in [3.05, 3.63) is 51.3 Å². The molecule has 0 saturated heterocycles. The third-order valence-electron chi connectivity index (χ3n) is 4.00. The van der Waals surface area contributed by atoms with Gasteiger partial charge in [0, 0.05) is 15.5 Å². The summed E-state index contributed by atoms with van der Waals surface area (Å²) in [5.41, 5.74) is 4.31. The summed E-state index contributed by atoms with van der Waals surface area (Å²) < 4.78 is 3.36. The summed E-state index contributed by atoms with van der Waals surface area (Å²) in [5, 5.41) is 14.2. The lowest BCUT2D eigenvalue weighted by Gasteiger charge is -2.14. The van der Waals surface area contributed by atoms with Gasteiger partial charge >= 0.3 is 0 Å². The Kier molecular flexibility index (Phi) is 4.88. The number of thiol groups is 1. The van der Waals surface area contributed by atoms with E-state index >= 15 is 0 Å². The van der Waals surface area contributed by atoms with E-state index in [9.17, 15) is 0 Å². The number of halogens is 2. The van der Waals surface area contributed by atoms with Gasteiger partial charge in [0.15, 0.2) is 0 Å². The molecular weight excluding hydrogens is 377 g/mol. The first-order valence-electron chi connectivity index (χ1n) is 7.81. The Morgan fingerprint density at radius 3 is 2.44 bits per heavy atom. The average molecular weight is 396 g/mol. The van der Waals surface area contributed by atoms with Gasteiger partial charge in [0.2, 0.25) is 0 Å². The lowest BCUT2D eigenvalue weighted by molar-refractivity contribution is 0.546. The van der Waals surface area contributed by atoms with Crippen molar-refractivity contribution in [1.82, 2.24) is 24.2 Å². The van der Waals surface area contributed by atoms with Crippen LogP contribution >= 0.6 is 36.0 Å². The van der Waals surface area contributed by atoms with Crippen LogP contribution in [0.15, 0.2) is 24.3 Å². The molecule has 0 amide bonds. The summed E-state index contributed by atoms with van der Waals surface area (Å²) in [6.07, 6.45) is 0. The lowest BCUT2D eigenvalue weighted by atomic mass is 9.92. The Morgan fingerprint density at radius 2 is 1.88 bits per heavy atom. The molecule has 0 aliphatic carbocycles. The van der Waals surface area contributed by atoms with Gasteiger partial charge in [-0.25, -0.2) is 0 Å². The van der Waals surface area contributed by atoms with E-state index in [0.717, 1.165) is 28.3 Å². The monoisotopic (exact) mass is 395 g/mol. The molecule has 0 bridgehead atoms. The van der Waals surface area contributed by atoms with Crippen LogP contribution in [-0.4, -0.2) is 24.2 Å². The molecule has 5 nitrogen and oxygen atoms in total. The van der Waals surface area contributed by atoms with Crippen LogP contribution in [0, 0.1) is 6.92 Å². The fraction of sp³-hybridized carbons (Fsp3) is 0.353. The van der Waals surface area contributed by atoms with E-state index < -0.39 is 0 Å². The van der Waals surface area contributed by atoms with E-state index in [4.69, 9.17) is 28.3 Å². The summed E-state index contributed by atoms with van der Waals surface area (Å²) >= 11 is 16.6. The molecule has 8 heteroatoms. The Labute approximate surface area is 162 Å². The Balaban J connectivity index is 2.11. The molecule has 25 heavy (non-hydrogen) atoms. The Morgan fingerprint density at radius 1 is 1.16 bits per heavy atom. The number of hydrogen-bond acceptors (Lipinski definition) is 4. The SMILES string of the molecule is Cc1c(-c2cc(C(C)(C)C)nn2Cc2ccc(Cl)cc2Cl)nnn1S. The van der Waals surface area contributed by atoms with E-state index in [1.807, 2.05) is 23.7 Å². The molecule has 0 atom stereocenters. The van der Waals surface area contributed by atoms with Crippen molar-refractivity contribution >= 4 is 36.0 Å². The van der Waals surface area contributed by atoms with Crippen molar-refractivity contribution < 1.29 is 0 Å². The second-order valence-electron chi connectivity index (χ2n) is 6.97. The molecule has 0 unspecified atom stereocenters. The first-order valence-corrected chi connectivity index (χ1v) is 8.96. The summed E-state index contributed by atoms with van der Waals surface area (Å²) in [6, 6.07) is 7.53. The Bertz CT molecular complexity index is 924. The molecule has 0 saturated carbocycles. The molecule has 0 radical (unpaired) electrons. The van der Waals surface area contributed by atoms with Gasteiger partial charge in [-0.15, -0.1) is 5.10 Å². The largest absolute Gasteiger partial charge is 0.258 e. The fourth-order valence-electron chi connectivity index (χ4n) is 2.46. The predicted molar refractivity (Wildman–Crippen MR) is 105 cm³/mol. The Hall–Kier alpha value is -1.50. The van der Waals surface area contributed by atoms with Crippen LogP contribution in [0.25, 0.3) is 11.4 Å². The zero-order chi connectivity index (χ0) is 18.4. The zero-order valence-corrected chi connectivity index (χ0v) is 16.9. The van der Waals surface area contributed by atoms with Gasteiger partial charge < -0.3 is 0 Å². The van der Waals surface area contributed by atoms with E-state index in [2.05, 4.69) is 50.0 Å². The molecule has 2 heterocycles. The zero-order valence-electron chi connectivity index (χ0n) is 14.5. The second-order valence-corrected chi connectivity index (χ2v) is 8.19. The molecular formula is C17H19Cl2N5S. The van der Waals surface area contributed by atoms with Gasteiger partial charge in [-0.1, -0.05) is 55.3 Å². The number of aromatic nitrogens is 5. The summed E-state index contributed by atoms with van der Waals surface area (Å²) in [7, 11) is 0. The third-order valence-corrected chi connectivity index (χ3v) is 4.97. The quantitative estimate of drug-likeness (QED) is 0.648. The van der Waals surface area contributed by atoms with Crippen LogP contribution in [0.3, 0.4) is 0 Å². The van der Waals surface area contributed by atoms with E-state index in [0.29, 0.717) is 16.6 Å². The molecule has 3 rings (SSSR count). The molecule has 0 N–H and O–H groups in total. The third kappa shape index (κ3) is 3.71. The topological polar surface area (TPSA) is 48.5 Å². The van der Waals surface area contributed by atoms with Crippen molar-refractivity contribution in [2.24, 2.45) is 0 Å². The van der Waals surface area contributed by atoms with Crippen LogP contribution in [-0.2, 0) is 12.0 Å². The van der Waals surface area contributed by atoms with E-state index in [1.54, 1.807) is 6.07 Å².